The molecule has 17 heavy (non-hydrogen) atoms. The molecule has 0 amide bonds. The van der Waals surface area contributed by atoms with Gasteiger partial charge in [0.15, 0.2) is 5.78 Å². The lowest BCUT2D eigenvalue weighted by atomic mass is 10.2. The number of hydrogen-bond acceptors (Lipinski definition) is 6. The molecule has 0 unspecified atom stereocenters. The highest BCUT2D eigenvalue weighted by Gasteiger charge is 2.27. The van der Waals surface area contributed by atoms with E-state index >= 15 is 0 Å². The number of nitrogens with zero attached hydrogens (tertiary/aromatic N) is 1. The van der Waals surface area contributed by atoms with Crippen molar-refractivity contribution < 1.29 is 23.1 Å². The van der Waals surface area contributed by atoms with Crippen LogP contribution in [0.25, 0.3) is 0 Å². The number of Topliss-reactive ketones (excluding diaryl/α,β-unsaturated/α-hetero) is 1. The Labute approximate surface area is 99.4 Å². The van der Waals surface area contributed by atoms with Crippen molar-refractivity contribution in [3.8, 4) is 5.88 Å². The van der Waals surface area contributed by atoms with Crippen molar-refractivity contribution in [2.24, 2.45) is 0 Å². The maximum absolute atomic E-state index is 11.9. The van der Waals surface area contributed by atoms with E-state index in [4.69, 9.17) is 13.8 Å². The first kappa shape index (κ1) is 13.8. The Morgan fingerprint density at radius 3 is 2.53 bits per heavy atom. The minimum Gasteiger partial charge on any atom is -0.480 e. The van der Waals surface area contributed by atoms with E-state index in [1.165, 1.54) is 27.5 Å². The Bertz CT molecular complexity index is 440. The van der Waals surface area contributed by atoms with Gasteiger partial charge in [-0.25, -0.2) is 4.98 Å². The van der Waals surface area contributed by atoms with Gasteiger partial charge in [0.05, 0.1) is 12.7 Å². The van der Waals surface area contributed by atoms with E-state index < -0.39 is 13.4 Å². The summed E-state index contributed by atoms with van der Waals surface area (Å²) < 4.78 is 26.2. The molecular weight excluding hydrogens is 245 g/mol. The summed E-state index contributed by atoms with van der Waals surface area (Å²) in [6.07, 6.45) is 1.16. The van der Waals surface area contributed by atoms with Gasteiger partial charge in [0, 0.05) is 20.4 Å². The summed E-state index contributed by atoms with van der Waals surface area (Å²) >= 11 is 0. The summed E-state index contributed by atoms with van der Waals surface area (Å²) in [4.78, 5) is 15.8. The van der Waals surface area contributed by atoms with Crippen LogP contribution in [-0.4, -0.2) is 38.3 Å². The standard InChI is InChI=1S/C10H14NO5P/c1-14-10-8(5-4-6-11-10)9(12)7-17(13,15-2)16-3/h4-6H,7H2,1-3H3. The van der Waals surface area contributed by atoms with Crippen LogP contribution in [0.15, 0.2) is 18.3 Å². The number of methoxy groups -OCH3 is 1. The molecule has 94 valence electrons. The van der Waals surface area contributed by atoms with Crippen molar-refractivity contribution in [1.82, 2.24) is 4.98 Å². The third-order valence-electron chi connectivity index (χ3n) is 2.16. The molecule has 7 heteroatoms. The molecule has 0 fully saturated rings. The molecule has 0 radical (unpaired) electrons. The number of carbonyl (C=O) groups is 1. The van der Waals surface area contributed by atoms with E-state index in [1.807, 2.05) is 0 Å². The molecule has 0 spiro atoms. The van der Waals surface area contributed by atoms with Gasteiger partial charge in [0.25, 0.3) is 0 Å². The monoisotopic (exact) mass is 259 g/mol. The second-order valence-corrected chi connectivity index (χ2v) is 5.39. The van der Waals surface area contributed by atoms with E-state index in [2.05, 4.69) is 4.98 Å². The number of hydrogen-bond donors (Lipinski definition) is 0. The van der Waals surface area contributed by atoms with E-state index in [-0.39, 0.29) is 17.6 Å². The zero-order valence-corrected chi connectivity index (χ0v) is 10.8. The Morgan fingerprint density at radius 2 is 2.00 bits per heavy atom. The fourth-order valence-electron chi connectivity index (χ4n) is 1.23. The van der Waals surface area contributed by atoms with Gasteiger partial charge in [-0.15, -0.1) is 0 Å². The molecule has 1 aromatic heterocycles. The normalized spacial score (nSPS) is 11.2. The van der Waals surface area contributed by atoms with Crippen LogP contribution in [-0.2, 0) is 13.6 Å². The molecule has 0 aromatic carbocycles. The largest absolute Gasteiger partial charge is 0.480 e. The second-order valence-electron chi connectivity index (χ2n) is 3.12. The first-order chi connectivity index (χ1) is 8.06. The second kappa shape index (κ2) is 5.91. The van der Waals surface area contributed by atoms with Crippen LogP contribution >= 0.6 is 7.60 Å². The third-order valence-corrected chi connectivity index (χ3v) is 3.95. The Morgan fingerprint density at radius 1 is 1.35 bits per heavy atom. The predicted octanol–water partition coefficient (Wildman–Crippen LogP) is 1.76. The zero-order valence-electron chi connectivity index (χ0n) is 9.87. The number of carbonyl (C=O) groups excluding carboxylic acids is 1. The molecule has 0 aliphatic carbocycles. The lowest BCUT2D eigenvalue weighted by Gasteiger charge is -2.13. The minimum absolute atomic E-state index is 0.191. The summed E-state index contributed by atoms with van der Waals surface area (Å²) in [7, 11) is 0.510. The van der Waals surface area contributed by atoms with Crippen LogP contribution < -0.4 is 4.74 Å². The zero-order chi connectivity index (χ0) is 12.9. The van der Waals surface area contributed by atoms with Crippen molar-refractivity contribution >= 4 is 13.4 Å². The van der Waals surface area contributed by atoms with Gasteiger partial charge in [-0.3, -0.25) is 9.36 Å². The average molecular weight is 259 g/mol. The highest BCUT2D eigenvalue weighted by molar-refractivity contribution is 7.54. The SMILES string of the molecule is COc1ncccc1C(=O)CP(=O)(OC)OC. The molecule has 0 aliphatic rings. The lowest BCUT2D eigenvalue weighted by Crippen LogP contribution is -2.10. The maximum Gasteiger partial charge on any atom is 0.337 e. The number of pyridine rings is 1. The van der Waals surface area contributed by atoms with Gasteiger partial charge in [-0.1, -0.05) is 0 Å². The molecule has 0 saturated heterocycles. The molecule has 0 atom stereocenters. The van der Waals surface area contributed by atoms with Crippen LogP contribution in [0.2, 0.25) is 0 Å². The number of rotatable bonds is 6. The van der Waals surface area contributed by atoms with Crippen LogP contribution in [0, 0.1) is 0 Å². The lowest BCUT2D eigenvalue weighted by molar-refractivity contribution is 0.100. The molecule has 0 saturated carbocycles. The predicted molar refractivity (Wildman–Crippen MR) is 61.6 cm³/mol. The number of ketones is 1. The number of ether oxygens (including phenoxy) is 1. The quantitative estimate of drug-likeness (QED) is 0.572. The Balaban J connectivity index is 2.94. The maximum atomic E-state index is 11.9. The van der Waals surface area contributed by atoms with Gasteiger partial charge < -0.3 is 13.8 Å². The summed E-state index contributed by atoms with van der Waals surface area (Å²) in [6, 6.07) is 3.14. The molecule has 1 aromatic rings. The van der Waals surface area contributed by atoms with Gasteiger partial charge in [-0.05, 0) is 12.1 Å². The number of aromatic nitrogens is 1. The summed E-state index contributed by atoms with van der Waals surface area (Å²) in [5, 5.41) is 0. The molecule has 6 nitrogen and oxygen atoms in total. The van der Waals surface area contributed by atoms with Crippen LogP contribution in [0.3, 0.4) is 0 Å². The van der Waals surface area contributed by atoms with Crippen molar-refractivity contribution in [3.05, 3.63) is 23.9 Å². The van der Waals surface area contributed by atoms with Gasteiger partial charge in [0.2, 0.25) is 5.88 Å². The van der Waals surface area contributed by atoms with Crippen molar-refractivity contribution in [3.63, 3.8) is 0 Å². The summed E-state index contributed by atoms with van der Waals surface area (Å²) in [6.45, 7) is 0. The molecular formula is C10H14NO5P. The van der Waals surface area contributed by atoms with Gasteiger partial charge in [-0.2, -0.15) is 0 Å². The Kier molecular flexibility index (Phi) is 4.81. The Hall–Kier alpha value is -1.23. The topological polar surface area (TPSA) is 74.7 Å². The average Bonchev–Trinajstić information content (AvgIpc) is 2.38. The molecule has 1 rings (SSSR count). The van der Waals surface area contributed by atoms with E-state index in [0.717, 1.165) is 0 Å². The molecule has 0 aliphatic heterocycles. The minimum atomic E-state index is -3.37. The van der Waals surface area contributed by atoms with E-state index in [1.54, 1.807) is 12.1 Å². The van der Waals surface area contributed by atoms with Crippen LogP contribution in [0.5, 0.6) is 5.88 Å². The summed E-state index contributed by atoms with van der Waals surface area (Å²) in [5.41, 5.74) is 0.254. The fraction of sp³-hybridized carbons (Fsp3) is 0.400. The van der Waals surface area contributed by atoms with Gasteiger partial charge in [0.1, 0.15) is 6.16 Å². The van der Waals surface area contributed by atoms with Gasteiger partial charge >= 0.3 is 7.60 Å². The fourth-order valence-corrected chi connectivity index (χ4v) is 2.16. The smallest absolute Gasteiger partial charge is 0.337 e. The van der Waals surface area contributed by atoms with Crippen molar-refractivity contribution in [2.75, 3.05) is 27.5 Å². The molecule has 1 heterocycles. The molecule has 0 N–H and O–H groups in total. The van der Waals surface area contributed by atoms with Crippen molar-refractivity contribution in [1.29, 1.82) is 0 Å². The first-order valence-corrected chi connectivity index (χ1v) is 6.52. The highest BCUT2D eigenvalue weighted by atomic mass is 31.2. The third kappa shape index (κ3) is 3.36. The first-order valence-electron chi connectivity index (χ1n) is 4.79. The molecule has 0 bridgehead atoms. The van der Waals surface area contributed by atoms with E-state index in [0.29, 0.717) is 0 Å². The van der Waals surface area contributed by atoms with Crippen molar-refractivity contribution in [2.45, 2.75) is 0 Å². The van der Waals surface area contributed by atoms with E-state index in [9.17, 15) is 9.36 Å². The highest BCUT2D eigenvalue weighted by Crippen LogP contribution is 2.46. The van der Waals surface area contributed by atoms with Crippen LogP contribution in [0.1, 0.15) is 10.4 Å². The summed E-state index contributed by atoms with van der Waals surface area (Å²) in [5.74, 6) is -0.210. The van der Waals surface area contributed by atoms with Crippen LogP contribution in [0.4, 0.5) is 0 Å².